The Balaban J connectivity index is 1.17. The summed E-state index contributed by atoms with van der Waals surface area (Å²) in [5, 5.41) is 15.4. The summed E-state index contributed by atoms with van der Waals surface area (Å²) in [5.41, 5.74) is 0.203. The number of amides is 1. The third-order valence-corrected chi connectivity index (χ3v) is 11.2. The van der Waals surface area contributed by atoms with Crippen molar-refractivity contribution in [2.75, 3.05) is 51.8 Å². The molecule has 3 aromatic carbocycles. The van der Waals surface area contributed by atoms with Gasteiger partial charge in [0.25, 0.3) is 0 Å². The second-order valence-electron chi connectivity index (χ2n) is 14.1. The van der Waals surface area contributed by atoms with E-state index in [1.807, 2.05) is 0 Å². The largest absolute Gasteiger partial charge is 0.508 e. The number of ether oxygens (including phenoxy) is 2. The van der Waals surface area contributed by atoms with Crippen molar-refractivity contribution in [3.05, 3.63) is 53.1 Å². The molecule has 2 bridgehead atoms. The van der Waals surface area contributed by atoms with Crippen LogP contribution in [0.5, 0.6) is 11.8 Å². The average Bonchev–Trinajstić information content (AvgIpc) is 3.76. The Morgan fingerprint density at radius 1 is 1.08 bits per heavy atom. The number of piperazine rings is 1. The minimum atomic E-state index is -0.638. The lowest BCUT2D eigenvalue weighted by Crippen LogP contribution is -2.51. The van der Waals surface area contributed by atoms with E-state index in [4.69, 9.17) is 26.1 Å². The molecule has 4 fully saturated rings. The van der Waals surface area contributed by atoms with E-state index in [1.165, 1.54) is 29.2 Å². The molecule has 1 amide bonds. The minimum Gasteiger partial charge on any atom is -0.508 e. The first-order chi connectivity index (χ1) is 23.6. The molecule has 258 valence electrons. The molecule has 4 aliphatic rings. The maximum absolute atomic E-state index is 16.9. The monoisotopic (exact) mass is 692 g/mol. The van der Waals surface area contributed by atoms with Crippen LogP contribution in [0.1, 0.15) is 38.5 Å². The number of nitrogens with one attached hydrogen (secondary N) is 1. The Morgan fingerprint density at radius 3 is 2.65 bits per heavy atom. The van der Waals surface area contributed by atoms with Gasteiger partial charge in [0.2, 0.25) is 0 Å². The number of aromatic nitrogens is 2. The fraction of sp³-hybridized carbons (Fsp3) is 0.472. The van der Waals surface area contributed by atoms with E-state index >= 15 is 4.39 Å². The van der Waals surface area contributed by atoms with Gasteiger partial charge >= 0.3 is 12.1 Å². The lowest BCUT2D eigenvalue weighted by molar-refractivity contribution is 0.0484. The molecule has 0 aliphatic carbocycles. The van der Waals surface area contributed by atoms with Crippen molar-refractivity contribution in [3.8, 4) is 22.9 Å². The Morgan fingerprint density at radius 2 is 1.88 bits per heavy atom. The van der Waals surface area contributed by atoms with Crippen molar-refractivity contribution in [2.45, 2.75) is 62.2 Å². The first-order valence-electron chi connectivity index (χ1n) is 17.0. The van der Waals surface area contributed by atoms with Crippen molar-refractivity contribution in [2.24, 2.45) is 0 Å². The van der Waals surface area contributed by atoms with E-state index < -0.39 is 11.6 Å². The number of anilines is 1. The van der Waals surface area contributed by atoms with Gasteiger partial charge in [0.15, 0.2) is 5.82 Å². The van der Waals surface area contributed by atoms with Crippen LogP contribution in [0.25, 0.3) is 32.8 Å². The van der Waals surface area contributed by atoms with Gasteiger partial charge in [-0.15, -0.1) is 0 Å². The number of phenols is 1. The maximum Gasteiger partial charge on any atom is 0.409 e. The smallest absolute Gasteiger partial charge is 0.409 e. The number of nitrogens with zero attached hydrogens (tertiary/aromatic N) is 5. The summed E-state index contributed by atoms with van der Waals surface area (Å²) >= 11 is 6.43. The normalized spacial score (nSPS) is 24.9. The highest BCUT2D eigenvalue weighted by atomic mass is 35.5. The quantitative estimate of drug-likeness (QED) is 0.238. The zero-order valence-electron chi connectivity index (χ0n) is 27.5. The summed E-state index contributed by atoms with van der Waals surface area (Å²) in [5.74, 6) is -0.767. The van der Waals surface area contributed by atoms with Crippen molar-refractivity contribution in [3.63, 3.8) is 0 Å². The van der Waals surface area contributed by atoms with Crippen LogP contribution < -0.4 is 15.0 Å². The number of aromatic hydroxyl groups is 1. The molecular weight excluding hydrogens is 654 g/mol. The Labute approximate surface area is 287 Å². The highest BCUT2D eigenvalue weighted by Crippen LogP contribution is 2.44. The molecule has 0 radical (unpaired) electrons. The van der Waals surface area contributed by atoms with Gasteiger partial charge in [-0.1, -0.05) is 23.7 Å². The highest BCUT2D eigenvalue weighted by molar-refractivity contribution is 6.37. The molecule has 5 heterocycles. The number of benzene rings is 3. The third kappa shape index (κ3) is 5.67. The minimum absolute atomic E-state index is 0.0769. The summed E-state index contributed by atoms with van der Waals surface area (Å²) < 4.78 is 43.5. The van der Waals surface area contributed by atoms with Gasteiger partial charge in [-0.25, -0.2) is 13.6 Å². The Hall–Kier alpha value is -4.00. The topological polar surface area (TPSA) is 103 Å². The molecule has 0 saturated carbocycles. The molecule has 4 aromatic rings. The number of carbonyl (C=O) groups is 1. The number of hydrogen-bond donors (Lipinski definition) is 2. The van der Waals surface area contributed by atoms with Crippen molar-refractivity contribution < 1.29 is 28.2 Å². The molecule has 13 heteroatoms. The van der Waals surface area contributed by atoms with Crippen LogP contribution in [-0.4, -0.2) is 102 Å². The predicted octanol–water partition coefficient (Wildman–Crippen LogP) is 6.10. The zero-order chi connectivity index (χ0) is 34.0. The number of hydrogen-bond acceptors (Lipinski definition) is 9. The molecular formula is C36H39ClF2N6O4. The lowest BCUT2D eigenvalue weighted by atomic mass is 9.95. The number of phenolic OH excluding ortho intramolecular Hbond substituents is 1. The van der Waals surface area contributed by atoms with Crippen molar-refractivity contribution in [1.82, 2.24) is 25.1 Å². The molecule has 49 heavy (non-hydrogen) atoms. The number of halogens is 3. The van der Waals surface area contributed by atoms with E-state index in [-0.39, 0.29) is 51.1 Å². The summed E-state index contributed by atoms with van der Waals surface area (Å²) in [6.45, 7) is 2.95. The van der Waals surface area contributed by atoms with Gasteiger partial charge < -0.3 is 29.7 Å². The van der Waals surface area contributed by atoms with Gasteiger partial charge in [-0.2, -0.15) is 9.97 Å². The van der Waals surface area contributed by atoms with E-state index in [0.717, 1.165) is 58.2 Å². The summed E-state index contributed by atoms with van der Waals surface area (Å²) in [6, 6.07) is 9.81. The summed E-state index contributed by atoms with van der Waals surface area (Å²) in [7, 11) is 3.33. The molecule has 4 atom stereocenters. The van der Waals surface area contributed by atoms with Crippen LogP contribution in [-0.2, 0) is 4.74 Å². The summed E-state index contributed by atoms with van der Waals surface area (Å²) in [6.07, 6.45) is 5.43. The van der Waals surface area contributed by atoms with Crippen LogP contribution in [0, 0.1) is 11.6 Å². The molecule has 10 nitrogen and oxygen atoms in total. The molecule has 4 aliphatic heterocycles. The van der Waals surface area contributed by atoms with Crippen LogP contribution in [0.4, 0.5) is 19.4 Å². The van der Waals surface area contributed by atoms with E-state index in [9.17, 15) is 14.3 Å². The molecule has 8 rings (SSSR count). The lowest BCUT2D eigenvalue weighted by Gasteiger charge is -2.35. The maximum atomic E-state index is 16.9. The molecule has 4 unspecified atom stereocenters. The predicted molar refractivity (Wildman–Crippen MR) is 183 cm³/mol. The average molecular weight is 693 g/mol. The van der Waals surface area contributed by atoms with Crippen LogP contribution in [0.15, 0.2) is 36.4 Å². The van der Waals surface area contributed by atoms with Crippen LogP contribution >= 0.6 is 11.6 Å². The molecule has 2 N–H and O–H groups in total. The molecule has 1 aromatic heterocycles. The Kier molecular flexibility index (Phi) is 8.15. The SMILES string of the molecule is CN(C)C(=O)OCC1CCC2(COc3nc(N4CC5CCC(C4)N5)c4ccc(-c5cc(O)cc6ccc(F)c(Cl)c56)c(F)c4n3)CCCN12. The first kappa shape index (κ1) is 32.2. The fourth-order valence-electron chi connectivity index (χ4n) is 8.49. The van der Waals surface area contributed by atoms with Crippen molar-refractivity contribution >= 4 is 45.2 Å². The second-order valence-corrected chi connectivity index (χ2v) is 14.5. The standard InChI is InChI=1S/C36H39ClF2N6O4/c1-43(2)35(47)48-18-23-10-12-36(11-3-13-45(23)36)19-49-34-41-32-26(33(42-34)44-16-21-5-6-22(17-44)40-21)8-7-25(31(32)39)27-15-24(46)14-20-4-9-28(38)30(37)29(20)27/h4,7-9,14-15,21-23,40,46H,3,5-6,10-13,16-19H2,1-2H3. The van der Waals surface area contributed by atoms with Gasteiger partial charge in [-0.3, -0.25) is 4.90 Å². The fourth-order valence-corrected chi connectivity index (χ4v) is 8.76. The third-order valence-electron chi connectivity index (χ3n) is 10.8. The van der Waals surface area contributed by atoms with E-state index in [2.05, 4.69) is 20.1 Å². The number of carbonyl (C=O) groups excluding carboxylic acids is 1. The summed E-state index contributed by atoms with van der Waals surface area (Å²) in [4.78, 5) is 27.7. The van der Waals surface area contributed by atoms with Gasteiger partial charge in [0.05, 0.1) is 10.6 Å². The molecule has 0 spiro atoms. The highest BCUT2D eigenvalue weighted by Gasteiger charge is 2.50. The Bertz CT molecular complexity index is 1950. The van der Waals surface area contributed by atoms with Gasteiger partial charge in [0.1, 0.15) is 36.1 Å². The zero-order valence-corrected chi connectivity index (χ0v) is 28.3. The van der Waals surface area contributed by atoms with Gasteiger partial charge in [-0.05, 0) is 80.3 Å². The van der Waals surface area contributed by atoms with E-state index in [1.54, 1.807) is 26.2 Å². The van der Waals surface area contributed by atoms with Crippen LogP contribution in [0.2, 0.25) is 5.02 Å². The van der Waals surface area contributed by atoms with Gasteiger partial charge in [0, 0.05) is 61.6 Å². The van der Waals surface area contributed by atoms with Crippen molar-refractivity contribution in [1.29, 1.82) is 0 Å². The number of fused-ring (bicyclic) bond motifs is 5. The van der Waals surface area contributed by atoms with E-state index in [0.29, 0.717) is 47.3 Å². The first-order valence-corrected chi connectivity index (χ1v) is 17.3. The second kappa shape index (κ2) is 12.4. The molecule has 4 saturated heterocycles. The van der Waals surface area contributed by atoms with Crippen LogP contribution in [0.3, 0.4) is 0 Å². The number of rotatable bonds is 7.